The van der Waals surface area contributed by atoms with Gasteiger partial charge >= 0.3 is 0 Å². The molecule has 0 radical (unpaired) electrons. The SMILES string of the molecule is CC(C)Cn1ccc(C(O)CN)n1. The maximum atomic E-state index is 9.38. The van der Waals surface area contributed by atoms with E-state index in [-0.39, 0.29) is 6.54 Å². The summed E-state index contributed by atoms with van der Waals surface area (Å²) >= 11 is 0. The van der Waals surface area contributed by atoms with Gasteiger partial charge in [0.15, 0.2) is 0 Å². The lowest BCUT2D eigenvalue weighted by molar-refractivity contribution is 0.180. The minimum absolute atomic E-state index is 0.221. The molecule has 1 atom stereocenters. The van der Waals surface area contributed by atoms with Crippen molar-refractivity contribution in [3.05, 3.63) is 18.0 Å². The standard InChI is InChI=1S/C9H17N3O/c1-7(2)6-12-4-3-8(11-12)9(13)5-10/h3-4,7,9,13H,5-6,10H2,1-2H3. The van der Waals surface area contributed by atoms with Crippen molar-refractivity contribution in [1.82, 2.24) is 9.78 Å². The summed E-state index contributed by atoms with van der Waals surface area (Å²) in [5.41, 5.74) is 5.97. The van der Waals surface area contributed by atoms with E-state index in [1.165, 1.54) is 0 Å². The molecule has 1 unspecified atom stereocenters. The van der Waals surface area contributed by atoms with Crippen molar-refractivity contribution in [3.63, 3.8) is 0 Å². The van der Waals surface area contributed by atoms with Gasteiger partial charge in [-0.15, -0.1) is 0 Å². The predicted molar refractivity (Wildman–Crippen MR) is 51.1 cm³/mol. The first-order valence-corrected chi connectivity index (χ1v) is 4.55. The van der Waals surface area contributed by atoms with E-state index in [1.54, 1.807) is 6.07 Å². The van der Waals surface area contributed by atoms with E-state index in [4.69, 9.17) is 5.73 Å². The molecule has 74 valence electrons. The van der Waals surface area contributed by atoms with E-state index in [2.05, 4.69) is 18.9 Å². The van der Waals surface area contributed by atoms with Crippen LogP contribution in [0.2, 0.25) is 0 Å². The average molecular weight is 183 g/mol. The number of aliphatic hydroxyl groups excluding tert-OH is 1. The van der Waals surface area contributed by atoms with E-state index in [0.29, 0.717) is 11.6 Å². The molecule has 0 saturated heterocycles. The molecule has 0 aromatic carbocycles. The van der Waals surface area contributed by atoms with Crippen molar-refractivity contribution >= 4 is 0 Å². The molecule has 1 aromatic heterocycles. The highest BCUT2D eigenvalue weighted by molar-refractivity contribution is 5.03. The number of hydrogen-bond donors (Lipinski definition) is 2. The molecule has 4 heteroatoms. The fraction of sp³-hybridized carbons (Fsp3) is 0.667. The molecular formula is C9H17N3O. The zero-order valence-electron chi connectivity index (χ0n) is 8.14. The van der Waals surface area contributed by atoms with Gasteiger partial charge in [0, 0.05) is 19.3 Å². The Morgan fingerprint density at radius 3 is 2.85 bits per heavy atom. The van der Waals surface area contributed by atoms with Crippen molar-refractivity contribution in [3.8, 4) is 0 Å². The van der Waals surface area contributed by atoms with E-state index < -0.39 is 6.10 Å². The van der Waals surface area contributed by atoms with Crippen molar-refractivity contribution in [2.75, 3.05) is 6.54 Å². The lowest BCUT2D eigenvalue weighted by atomic mass is 10.2. The van der Waals surface area contributed by atoms with Gasteiger partial charge in [-0.3, -0.25) is 4.68 Å². The molecule has 0 bridgehead atoms. The van der Waals surface area contributed by atoms with Crippen LogP contribution in [0, 0.1) is 5.92 Å². The fourth-order valence-electron chi connectivity index (χ4n) is 1.15. The largest absolute Gasteiger partial charge is 0.385 e. The first-order chi connectivity index (χ1) is 6.13. The minimum atomic E-state index is -0.631. The molecule has 3 N–H and O–H groups in total. The predicted octanol–water partition coefficient (Wildman–Crippen LogP) is 0.531. The van der Waals surface area contributed by atoms with Gasteiger partial charge in [-0.1, -0.05) is 13.8 Å². The number of nitrogens with zero attached hydrogens (tertiary/aromatic N) is 2. The molecule has 4 nitrogen and oxygen atoms in total. The Labute approximate surface area is 78.4 Å². The second-order valence-corrected chi connectivity index (χ2v) is 3.61. The maximum Gasteiger partial charge on any atom is 0.110 e. The van der Waals surface area contributed by atoms with E-state index >= 15 is 0 Å². The third kappa shape index (κ3) is 2.82. The molecule has 0 aliphatic carbocycles. The van der Waals surface area contributed by atoms with Crippen molar-refractivity contribution in [1.29, 1.82) is 0 Å². The van der Waals surface area contributed by atoms with E-state index in [0.717, 1.165) is 6.54 Å². The monoisotopic (exact) mass is 183 g/mol. The summed E-state index contributed by atoms with van der Waals surface area (Å²) in [6.45, 7) is 5.34. The van der Waals surface area contributed by atoms with Gasteiger partial charge in [0.2, 0.25) is 0 Å². The summed E-state index contributed by atoms with van der Waals surface area (Å²) in [5, 5.41) is 13.6. The van der Waals surface area contributed by atoms with Crippen LogP contribution in [0.4, 0.5) is 0 Å². The molecule has 0 spiro atoms. The first kappa shape index (κ1) is 10.2. The summed E-state index contributed by atoms with van der Waals surface area (Å²) in [7, 11) is 0. The smallest absolute Gasteiger partial charge is 0.110 e. The lowest BCUT2D eigenvalue weighted by Crippen LogP contribution is -2.13. The van der Waals surface area contributed by atoms with Crippen LogP contribution in [-0.4, -0.2) is 21.4 Å². The molecule has 0 aliphatic rings. The maximum absolute atomic E-state index is 9.38. The van der Waals surface area contributed by atoms with Crippen LogP contribution >= 0.6 is 0 Å². The van der Waals surface area contributed by atoms with Crippen LogP contribution in [0.1, 0.15) is 25.6 Å². The van der Waals surface area contributed by atoms with E-state index in [9.17, 15) is 5.11 Å². The Balaban J connectivity index is 2.63. The summed E-state index contributed by atoms with van der Waals surface area (Å²) in [5.74, 6) is 0.558. The minimum Gasteiger partial charge on any atom is -0.385 e. The number of hydrogen-bond acceptors (Lipinski definition) is 3. The van der Waals surface area contributed by atoms with Gasteiger partial charge in [0.05, 0.1) is 5.69 Å². The van der Waals surface area contributed by atoms with Crippen LogP contribution in [-0.2, 0) is 6.54 Å². The Kier molecular flexibility index (Phi) is 3.45. The van der Waals surface area contributed by atoms with Gasteiger partial charge in [-0.25, -0.2) is 0 Å². The molecule has 1 rings (SSSR count). The number of nitrogens with two attached hydrogens (primary N) is 1. The van der Waals surface area contributed by atoms with Gasteiger partial charge in [-0.2, -0.15) is 5.10 Å². The van der Waals surface area contributed by atoms with Crippen LogP contribution in [0.3, 0.4) is 0 Å². The molecule has 0 fully saturated rings. The zero-order chi connectivity index (χ0) is 9.84. The molecule has 0 aliphatic heterocycles. The normalized spacial score (nSPS) is 13.6. The fourth-order valence-corrected chi connectivity index (χ4v) is 1.15. The second-order valence-electron chi connectivity index (χ2n) is 3.61. The number of rotatable bonds is 4. The Morgan fingerprint density at radius 1 is 1.62 bits per heavy atom. The van der Waals surface area contributed by atoms with Crippen LogP contribution in [0.25, 0.3) is 0 Å². The molecule has 0 saturated carbocycles. The second kappa shape index (κ2) is 4.39. The molecular weight excluding hydrogens is 166 g/mol. The Morgan fingerprint density at radius 2 is 2.31 bits per heavy atom. The van der Waals surface area contributed by atoms with Crippen molar-refractivity contribution in [2.24, 2.45) is 11.7 Å². The van der Waals surface area contributed by atoms with Crippen LogP contribution in [0.5, 0.6) is 0 Å². The van der Waals surface area contributed by atoms with Gasteiger partial charge in [-0.05, 0) is 12.0 Å². The summed E-state index contributed by atoms with van der Waals surface area (Å²) < 4.78 is 1.83. The highest BCUT2D eigenvalue weighted by atomic mass is 16.3. The zero-order valence-corrected chi connectivity index (χ0v) is 8.14. The Hall–Kier alpha value is -0.870. The quantitative estimate of drug-likeness (QED) is 0.715. The summed E-state index contributed by atoms with van der Waals surface area (Å²) in [4.78, 5) is 0. The third-order valence-corrected chi connectivity index (χ3v) is 1.78. The molecule has 0 amide bonds. The molecule has 1 aromatic rings. The first-order valence-electron chi connectivity index (χ1n) is 4.55. The highest BCUT2D eigenvalue weighted by Gasteiger charge is 2.08. The molecule has 1 heterocycles. The van der Waals surface area contributed by atoms with E-state index in [1.807, 2.05) is 10.9 Å². The van der Waals surface area contributed by atoms with Crippen LogP contribution in [0.15, 0.2) is 12.3 Å². The highest BCUT2D eigenvalue weighted by Crippen LogP contribution is 2.08. The van der Waals surface area contributed by atoms with Crippen molar-refractivity contribution < 1.29 is 5.11 Å². The Bertz CT molecular complexity index is 257. The average Bonchev–Trinajstić information content (AvgIpc) is 2.50. The van der Waals surface area contributed by atoms with Gasteiger partial charge in [0.25, 0.3) is 0 Å². The lowest BCUT2D eigenvalue weighted by Gasteiger charge is -2.05. The topological polar surface area (TPSA) is 64.1 Å². The van der Waals surface area contributed by atoms with Gasteiger partial charge in [0.1, 0.15) is 6.10 Å². The van der Waals surface area contributed by atoms with Crippen molar-refractivity contribution in [2.45, 2.75) is 26.5 Å². The molecule has 13 heavy (non-hydrogen) atoms. The van der Waals surface area contributed by atoms with Gasteiger partial charge < -0.3 is 10.8 Å². The third-order valence-electron chi connectivity index (χ3n) is 1.78. The number of aliphatic hydroxyl groups is 1. The summed E-state index contributed by atoms with van der Waals surface area (Å²) in [6.07, 6.45) is 1.24. The van der Waals surface area contributed by atoms with Crippen LogP contribution < -0.4 is 5.73 Å². The summed E-state index contributed by atoms with van der Waals surface area (Å²) in [6, 6.07) is 1.81. The number of aromatic nitrogens is 2.